The van der Waals surface area contributed by atoms with Gasteiger partial charge in [-0.15, -0.1) is 11.3 Å². The number of thiazole rings is 1. The topological polar surface area (TPSA) is 70.5 Å². The molecule has 3 heterocycles. The molecule has 2 aromatic carbocycles. The molecule has 2 aromatic heterocycles. The number of pyridine rings is 1. The van der Waals surface area contributed by atoms with Gasteiger partial charge in [0.05, 0.1) is 5.69 Å². The van der Waals surface area contributed by atoms with Crippen LogP contribution in [0, 0.1) is 0 Å². The number of nitrogens with one attached hydrogen (secondary N) is 1. The molecular formula is C28H30N4O2S. The average molecular weight is 487 g/mol. The summed E-state index contributed by atoms with van der Waals surface area (Å²) in [5.74, 6) is 1.65. The van der Waals surface area contributed by atoms with Crippen molar-refractivity contribution in [2.45, 2.75) is 45.7 Å². The van der Waals surface area contributed by atoms with Gasteiger partial charge in [-0.1, -0.05) is 51.1 Å². The number of ether oxygens (including phenoxy) is 1. The van der Waals surface area contributed by atoms with Gasteiger partial charge in [-0.2, -0.15) is 0 Å². The van der Waals surface area contributed by atoms with E-state index < -0.39 is 0 Å². The van der Waals surface area contributed by atoms with Crippen LogP contribution in [0.4, 0.5) is 10.8 Å². The van der Waals surface area contributed by atoms with Crippen LogP contribution in [0.2, 0.25) is 0 Å². The molecule has 4 aromatic rings. The zero-order valence-corrected chi connectivity index (χ0v) is 21.1. The largest absolute Gasteiger partial charge is 0.508 e. The standard InChI is InChI=1S/C28H30N4O2S/c1-28(2,3)21-10-4-5-12-24(21)34-26-23(11-7-14-29-26)31-27-30-22-13-15-32(18-25(22)35-27)17-19-8-6-9-20(33)16-19/h4-12,14,16,33H,13,15,17-18H2,1-3H3,(H,30,31). The minimum Gasteiger partial charge on any atom is -0.508 e. The first-order valence-electron chi connectivity index (χ1n) is 11.8. The summed E-state index contributed by atoms with van der Waals surface area (Å²) in [4.78, 5) is 13.0. The Balaban J connectivity index is 1.32. The van der Waals surface area contributed by atoms with Gasteiger partial charge in [0.2, 0.25) is 5.88 Å². The van der Waals surface area contributed by atoms with Crippen molar-refractivity contribution < 1.29 is 9.84 Å². The van der Waals surface area contributed by atoms with Gasteiger partial charge in [-0.25, -0.2) is 9.97 Å². The molecule has 1 aliphatic heterocycles. The molecule has 0 unspecified atom stereocenters. The number of benzene rings is 2. The maximum Gasteiger partial charge on any atom is 0.243 e. The molecule has 2 N–H and O–H groups in total. The summed E-state index contributed by atoms with van der Waals surface area (Å²) in [6.07, 6.45) is 2.65. The zero-order chi connectivity index (χ0) is 24.4. The highest BCUT2D eigenvalue weighted by atomic mass is 32.1. The molecule has 6 nitrogen and oxygen atoms in total. The first-order chi connectivity index (χ1) is 16.8. The summed E-state index contributed by atoms with van der Waals surface area (Å²) in [6.45, 7) is 9.13. The fraction of sp³-hybridized carbons (Fsp3) is 0.286. The van der Waals surface area contributed by atoms with E-state index in [4.69, 9.17) is 9.72 Å². The maximum atomic E-state index is 9.76. The Hall–Kier alpha value is -3.42. The smallest absolute Gasteiger partial charge is 0.243 e. The van der Waals surface area contributed by atoms with Crippen molar-refractivity contribution in [3.05, 3.63) is 88.6 Å². The van der Waals surface area contributed by atoms with E-state index in [-0.39, 0.29) is 5.41 Å². The quantitative estimate of drug-likeness (QED) is 0.319. The third-order valence-corrected chi connectivity index (χ3v) is 7.04. The number of fused-ring (bicyclic) bond motifs is 1. The summed E-state index contributed by atoms with van der Waals surface area (Å²) in [5, 5.41) is 14.1. The lowest BCUT2D eigenvalue weighted by Gasteiger charge is -2.25. The zero-order valence-electron chi connectivity index (χ0n) is 20.3. The first-order valence-corrected chi connectivity index (χ1v) is 12.6. The number of aromatic hydroxyl groups is 1. The Morgan fingerprint density at radius 1 is 1.09 bits per heavy atom. The van der Waals surface area contributed by atoms with Crippen molar-refractivity contribution in [3.63, 3.8) is 0 Å². The fourth-order valence-corrected chi connectivity index (χ4v) is 5.37. The number of phenolic OH excluding ortho intramolecular Hbond substituents is 1. The van der Waals surface area contributed by atoms with Crippen LogP contribution in [-0.4, -0.2) is 26.5 Å². The monoisotopic (exact) mass is 486 g/mol. The van der Waals surface area contributed by atoms with Gasteiger partial charge in [-0.3, -0.25) is 4.90 Å². The Labute approximate surface area is 210 Å². The molecule has 0 spiro atoms. The number of hydrogen-bond acceptors (Lipinski definition) is 7. The minimum atomic E-state index is -0.0440. The predicted molar refractivity (Wildman–Crippen MR) is 141 cm³/mol. The van der Waals surface area contributed by atoms with Gasteiger partial charge in [0.1, 0.15) is 17.2 Å². The molecule has 1 aliphatic rings. The minimum absolute atomic E-state index is 0.0440. The number of aromatic nitrogens is 2. The Kier molecular flexibility index (Phi) is 6.45. The number of phenols is 1. The molecule has 0 amide bonds. The number of anilines is 2. The van der Waals surface area contributed by atoms with Crippen LogP contribution in [0.5, 0.6) is 17.4 Å². The number of rotatable bonds is 6. The van der Waals surface area contributed by atoms with Crippen molar-refractivity contribution in [1.82, 2.24) is 14.9 Å². The van der Waals surface area contributed by atoms with Crippen molar-refractivity contribution in [3.8, 4) is 17.4 Å². The van der Waals surface area contributed by atoms with E-state index in [1.165, 1.54) is 4.88 Å². The summed E-state index contributed by atoms with van der Waals surface area (Å²) >= 11 is 1.67. The van der Waals surface area contributed by atoms with Crippen LogP contribution in [0.15, 0.2) is 66.9 Å². The molecule has 5 rings (SSSR count). The van der Waals surface area contributed by atoms with Crippen LogP contribution in [-0.2, 0) is 24.9 Å². The first kappa shape index (κ1) is 23.3. The SMILES string of the molecule is CC(C)(C)c1ccccc1Oc1ncccc1Nc1nc2c(s1)CN(Cc1cccc(O)c1)CC2. The summed E-state index contributed by atoms with van der Waals surface area (Å²) in [5.41, 5.74) is 4.14. The molecule has 0 saturated heterocycles. The second-order valence-corrected chi connectivity index (χ2v) is 10.9. The van der Waals surface area contributed by atoms with E-state index in [1.807, 2.05) is 42.5 Å². The lowest BCUT2D eigenvalue weighted by molar-refractivity contribution is 0.247. The van der Waals surface area contributed by atoms with Crippen LogP contribution in [0.25, 0.3) is 0 Å². The van der Waals surface area contributed by atoms with E-state index in [1.54, 1.807) is 23.6 Å². The highest BCUT2D eigenvalue weighted by molar-refractivity contribution is 7.15. The van der Waals surface area contributed by atoms with Crippen LogP contribution >= 0.6 is 11.3 Å². The Bertz CT molecular complexity index is 1330. The van der Waals surface area contributed by atoms with Crippen LogP contribution in [0.3, 0.4) is 0 Å². The predicted octanol–water partition coefficient (Wildman–Crippen LogP) is 6.64. The third-order valence-electron chi connectivity index (χ3n) is 6.04. The van der Waals surface area contributed by atoms with Crippen LogP contribution < -0.4 is 10.1 Å². The number of hydrogen-bond donors (Lipinski definition) is 2. The van der Waals surface area contributed by atoms with Gasteiger partial charge < -0.3 is 15.2 Å². The van der Waals surface area contributed by atoms with E-state index in [2.05, 4.69) is 48.1 Å². The maximum absolute atomic E-state index is 9.76. The molecule has 7 heteroatoms. The highest BCUT2D eigenvalue weighted by Gasteiger charge is 2.23. The van der Waals surface area contributed by atoms with E-state index in [0.717, 1.165) is 59.4 Å². The van der Waals surface area contributed by atoms with Crippen LogP contribution in [0.1, 0.15) is 42.5 Å². The molecule has 0 radical (unpaired) electrons. The second-order valence-electron chi connectivity index (χ2n) is 9.85. The second kappa shape index (κ2) is 9.68. The normalized spacial score (nSPS) is 13.9. The van der Waals surface area contributed by atoms with Gasteiger partial charge in [-0.05, 0) is 41.3 Å². The Morgan fingerprint density at radius 3 is 2.77 bits per heavy atom. The fourth-order valence-electron chi connectivity index (χ4n) is 4.31. The molecule has 180 valence electrons. The Morgan fingerprint density at radius 2 is 1.94 bits per heavy atom. The van der Waals surface area contributed by atoms with Gasteiger partial charge >= 0.3 is 0 Å². The van der Waals surface area contributed by atoms with E-state index in [0.29, 0.717) is 11.6 Å². The summed E-state index contributed by atoms with van der Waals surface area (Å²) in [7, 11) is 0. The van der Waals surface area contributed by atoms with Crippen molar-refractivity contribution in [2.75, 3.05) is 11.9 Å². The van der Waals surface area contributed by atoms with Gasteiger partial charge in [0.25, 0.3) is 0 Å². The molecular weight excluding hydrogens is 456 g/mol. The lowest BCUT2D eigenvalue weighted by Crippen LogP contribution is -2.29. The molecule has 35 heavy (non-hydrogen) atoms. The third kappa shape index (κ3) is 5.47. The molecule has 0 bridgehead atoms. The van der Waals surface area contributed by atoms with Gasteiger partial charge in [0.15, 0.2) is 5.13 Å². The number of para-hydroxylation sites is 1. The summed E-state index contributed by atoms with van der Waals surface area (Å²) < 4.78 is 6.31. The van der Waals surface area contributed by atoms with Crippen molar-refractivity contribution in [2.24, 2.45) is 0 Å². The summed E-state index contributed by atoms with van der Waals surface area (Å²) in [6, 6.07) is 19.5. The van der Waals surface area contributed by atoms with Gasteiger partial charge in [0, 0.05) is 42.7 Å². The lowest BCUT2D eigenvalue weighted by atomic mass is 9.86. The van der Waals surface area contributed by atoms with Crippen molar-refractivity contribution >= 4 is 22.2 Å². The molecule has 0 fully saturated rings. The van der Waals surface area contributed by atoms with E-state index in [9.17, 15) is 5.11 Å². The number of nitrogens with zero attached hydrogens (tertiary/aromatic N) is 3. The van der Waals surface area contributed by atoms with Crippen molar-refractivity contribution in [1.29, 1.82) is 0 Å². The molecule has 0 aliphatic carbocycles. The molecule has 0 atom stereocenters. The molecule has 0 saturated carbocycles. The highest BCUT2D eigenvalue weighted by Crippen LogP contribution is 2.37. The van der Waals surface area contributed by atoms with E-state index >= 15 is 0 Å². The average Bonchev–Trinajstić information content (AvgIpc) is 3.22.